The Labute approximate surface area is 141 Å². The molecule has 6 nitrogen and oxygen atoms in total. The first-order valence-electron chi connectivity index (χ1n) is 8.71. The van der Waals surface area contributed by atoms with Crippen molar-refractivity contribution in [3.05, 3.63) is 23.8 Å². The highest BCUT2D eigenvalue weighted by Gasteiger charge is 2.40. The molecule has 1 aromatic carbocycles. The molecule has 0 saturated carbocycles. The van der Waals surface area contributed by atoms with Crippen LogP contribution in [-0.2, 0) is 4.74 Å². The van der Waals surface area contributed by atoms with Crippen LogP contribution in [0.3, 0.4) is 0 Å². The van der Waals surface area contributed by atoms with Gasteiger partial charge in [0.15, 0.2) is 11.5 Å². The van der Waals surface area contributed by atoms with E-state index in [4.69, 9.17) is 14.2 Å². The molecule has 24 heavy (non-hydrogen) atoms. The van der Waals surface area contributed by atoms with Gasteiger partial charge in [-0.25, -0.2) is 0 Å². The summed E-state index contributed by atoms with van der Waals surface area (Å²) in [7, 11) is 0. The third kappa shape index (κ3) is 2.74. The van der Waals surface area contributed by atoms with Crippen molar-refractivity contribution < 1.29 is 24.1 Å². The van der Waals surface area contributed by atoms with Crippen molar-refractivity contribution in [2.24, 2.45) is 5.92 Å². The van der Waals surface area contributed by atoms with Crippen molar-refractivity contribution in [3.8, 4) is 11.5 Å². The van der Waals surface area contributed by atoms with E-state index in [1.165, 1.54) is 0 Å². The second-order valence-corrected chi connectivity index (χ2v) is 6.63. The number of aliphatic hydroxyl groups excluding tert-OH is 1. The highest BCUT2D eigenvalue weighted by molar-refractivity contribution is 5.98. The average molecular weight is 333 g/mol. The zero-order chi connectivity index (χ0) is 16.5. The van der Waals surface area contributed by atoms with Crippen LogP contribution in [0.4, 0.5) is 0 Å². The van der Waals surface area contributed by atoms with Crippen LogP contribution in [0.5, 0.6) is 11.5 Å². The van der Waals surface area contributed by atoms with E-state index in [9.17, 15) is 9.90 Å². The Morgan fingerprint density at radius 1 is 1.17 bits per heavy atom. The Kier molecular flexibility index (Phi) is 4.33. The number of amides is 1. The van der Waals surface area contributed by atoms with Gasteiger partial charge in [-0.15, -0.1) is 0 Å². The molecule has 0 aliphatic carbocycles. The van der Waals surface area contributed by atoms with Gasteiger partial charge in [0.1, 0.15) is 13.2 Å². The first kappa shape index (κ1) is 15.7. The van der Waals surface area contributed by atoms with Gasteiger partial charge in [0.05, 0.1) is 18.3 Å². The number of aliphatic hydroxyl groups is 1. The summed E-state index contributed by atoms with van der Waals surface area (Å²) in [5.74, 6) is 1.11. The quantitative estimate of drug-likeness (QED) is 0.887. The van der Waals surface area contributed by atoms with Gasteiger partial charge < -0.3 is 24.2 Å². The second-order valence-electron chi connectivity index (χ2n) is 6.63. The highest BCUT2D eigenvalue weighted by atomic mass is 16.6. The normalized spacial score (nSPS) is 29.5. The molecular formula is C18H23NO5. The van der Waals surface area contributed by atoms with Crippen LogP contribution in [0.2, 0.25) is 0 Å². The van der Waals surface area contributed by atoms with E-state index < -0.39 is 6.10 Å². The van der Waals surface area contributed by atoms with Gasteiger partial charge in [-0.05, 0) is 31.4 Å². The Morgan fingerprint density at radius 2 is 2.04 bits per heavy atom. The number of carbonyl (C=O) groups excluding carboxylic acids is 1. The molecule has 3 atom stereocenters. The minimum Gasteiger partial charge on any atom is -0.486 e. The summed E-state index contributed by atoms with van der Waals surface area (Å²) in [5, 5.41) is 10.3. The molecule has 0 spiro atoms. The lowest BCUT2D eigenvalue weighted by Crippen LogP contribution is -2.48. The Hall–Kier alpha value is -1.79. The van der Waals surface area contributed by atoms with Crippen molar-refractivity contribution in [3.63, 3.8) is 0 Å². The molecule has 0 radical (unpaired) electrons. The third-order valence-corrected chi connectivity index (χ3v) is 5.21. The molecule has 0 aromatic heterocycles. The van der Waals surface area contributed by atoms with E-state index in [1.807, 2.05) is 17.0 Å². The van der Waals surface area contributed by atoms with Crippen molar-refractivity contribution >= 4 is 5.91 Å². The van der Waals surface area contributed by atoms with Crippen LogP contribution in [-0.4, -0.2) is 61.0 Å². The molecule has 3 heterocycles. The van der Waals surface area contributed by atoms with E-state index in [1.54, 1.807) is 6.07 Å². The zero-order valence-corrected chi connectivity index (χ0v) is 13.6. The highest BCUT2D eigenvalue weighted by Crippen LogP contribution is 2.37. The lowest BCUT2D eigenvalue weighted by Gasteiger charge is -2.37. The molecule has 6 heteroatoms. The zero-order valence-electron chi connectivity index (χ0n) is 13.6. The molecule has 3 aliphatic rings. The molecule has 2 saturated heterocycles. The third-order valence-electron chi connectivity index (χ3n) is 5.21. The van der Waals surface area contributed by atoms with Crippen LogP contribution >= 0.6 is 0 Å². The summed E-state index contributed by atoms with van der Waals surface area (Å²) in [4.78, 5) is 15.0. The van der Waals surface area contributed by atoms with Gasteiger partial charge in [0.25, 0.3) is 5.91 Å². The van der Waals surface area contributed by atoms with Crippen LogP contribution in [0, 0.1) is 5.92 Å². The number of rotatable bonds is 2. The van der Waals surface area contributed by atoms with E-state index in [-0.39, 0.29) is 17.9 Å². The van der Waals surface area contributed by atoms with E-state index in [0.717, 1.165) is 12.8 Å². The molecule has 0 bridgehead atoms. The largest absolute Gasteiger partial charge is 0.486 e. The van der Waals surface area contributed by atoms with Crippen LogP contribution in [0.1, 0.15) is 29.6 Å². The predicted octanol–water partition coefficient (Wildman–Crippen LogP) is 1.46. The lowest BCUT2D eigenvalue weighted by molar-refractivity contribution is -0.0589. The number of benzene rings is 1. The molecular weight excluding hydrogens is 310 g/mol. The summed E-state index contributed by atoms with van der Waals surface area (Å²) < 4.78 is 16.8. The number of ether oxygens (including phenoxy) is 3. The van der Waals surface area contributed by atoms with E-state index >= 15 is 0 Å². The van der Waals surface area contributed by atoms with Crippen molar-refractivity contribution in [1.82, 2.24) is 4.90 Å². The van der Waals surface area contributed by atoms with Crippen molar-refractivity contribution in [1.29, 1.82) is 0 Å². The van der Waals surface area contributed by atoms with Gasteiger partial charge in [0, 0.05) is 25.1 Å². The molecule has 4 rings (SSSR count). The van der Waals surface area contributed by atoms with Crippen LogP contribution in [0.25, 0.3) is 0 Å². The Morgan fingerprint density at radius 3 is 2.92 bits per heavy atom. The van der Waals surface area contributed by atoms with E-state index in [2.05, 4.69) is 0 Å². The molecule has 1 N–H and O–H groups in total. The molecule has 2 fully saturated rings. The number of hydrogen-bond acceptors (Lipinski definition) is 5. The van der Waals surface area contributed by atoms with Crippen molar-refractivity contribution in [2.45, 2.75) is 31.4 Å². The summed E-state index contributed by atoms with van der Waals surface area (Å²) in [6, 6.07) is 5.46. The maximum absolute atomic E-state index is 13.1. The fourth-order valence-corrected chi connectivity index (χ4v) is 4.00. The Balaban J connectivity index is 1.59. The standard InChI is InChI=1S/C18H23NO5/c20-15-6-8-22-11-13(15)14-4-2-7-19(14)18(21)12-3-1-5-16-17(12)24-10-9-23-16/h1,3,5,13-15,20H,2,4,6-11H2. The number of fused-ring (bicyclic) bond motifs is 1. The first-order valence-corrected chi connectivity index (χ1v) is 8.71. The van der Waals surface area contributed by atoms with Crippen molar-refractivity contribution in [2.75, 3.05) is 33.0 Å². The van der Waals surface area contributed by atoms with Gasteiger partial charge in [-0.2, -0.15) is 0 Å². The molecule has 1 amide bonds. The summed E-state index contributed by atoms with van der Waals surface area (Å²) >= 11 is 0. The molecule has 3 aliphatic heterocycles. The van der Waals surface area contributed by atoms with Crippen LogP contribution in [0.15, 0.2) is 18.2 Å². The monoisotopic (exact) mass is 333 g/mol. The maximum atomic E-state index is 13.1. The topological polar surface area (TPSA) is 68.2 Å². The number of hydrogen-bond donors (Lipinski definition) is 1. The SMILES string of the molecule is O=C(c1cccc2c1OCCO2)N1CCCC1C1COCCC1O. The number of nitrogens with zero attached hydrogens (tertiary/aromatic N) is 1. The van der Waals surface area contributed by atoms with Gasteiger partial charge in [-0.3, -0.25) is 4.79 Å². The molecule has 130 valence electrons. The first-order chi connectivity index (χ1) is 11.8. The lowest BCUT2D eigenvalue weighted by atomic mass is 9.89. The molecule has 3 unspecified atom stereocenters. The van der Waals surface area contributed by atoms with Gasteiger partial charge in [-0.1, -0.05) is 6.07 Å². The van der Waals surface area contributed by atoms with E-state index in [0.29, 0.717) is 56.5 Å². The summed E-state index contributed by atoms with van der Waals surface area (Å²) in [5.41, 5.74) is 0.547. The minimum absolute atomic E-state index is 0.0121. The number of likely N-dealkylation sites (tertiary alicyclic amines) is 1. The van der Waals surface area contributed by atoms with Gasteiger partial charge >= 0.3 is 0 Å². The Bertz CT molecular complexity index is 619. The maximum Gasteiger partial charge on any atom is 0.258 e. The molecule has 1 aromatic rings. The summed E-state index contributed by atoms with van der Waals surface area (Å²) in [6.07, 6.45) is 2.09. The predicted molar refractivity (Wildman–Crippen MR) is 86.4 cm³/mol. The van der Waals surface area contributed by atoms with Crippen LogP contribution < -0.4 is 9.47 Å². The smallest absolute Gasteiger partial charge is 0.258 e. The van der Waals surface area contributed by atoms with Gasteiger partial charge in [0.2, 0.25) is 0 Å². The summed E-state index contributed by atoms with van der Waals surface area (Å²) in [6.45, 7) is 2.77. The fourth-order valence-electron chi connectivity index (χ4n) is 4.00. The second kappa shape index (κ2) is 6.61. The number of para-hydroxylation sites is 1. The fraction of sp³-hybridized carbons (Fsp3) is 0.611. The average Bonchev–Trinajstić information content (AvgIpc) is 3.10. The number of carbonyl (C=O) groups is 1. The minimum atomic E-state index is -0.401.